The van der Waals surface area contributed by atoms with E-state index in [0.29, 0.717) is 6.04 Å². The summed E-state index contributed by atoms with van der Waals surface area (Å²) in [7, 11) is 0. The molecule has 0 aromatic heterocycles. The number of hydrogen-bond acceptors (Lipinski definition) is 1. The van der Waals surface area contributed by atoms with Gasteiger partial charge in [-0.15, -0.1) is 0 Å². The zero-order chi connectivity index (χ0) is 14.4. The molecule has 0 aliphatic carbocycles. The van der Waals surface area contributed by atoms with Crippen molar-refractivity contribution in [3.05, 3.63) is 70.2 Å². The predicted octanol–water partition coefficient (Wildman–Crippen LogP) is 4.93. The Labute approximate surface area is 127 Å². The van der Waals surface area contributed by atoms with Gasteiger partial charge in [0.05, 0.1) is 0 Å². The summed E-state index contributed by atoms with van der Waals surface area (Å²) in [5.41, 5.74) is 3.97. The van der Waals surface area contributed by atoms with Gasteiger partial charge in [-0.25, -0.2) is 0 Å². The standard InChI is InChI=1S/C18H22ClN/c1-3-20-18(16-5-4-6-17(19)13-16)12-11-15-9-7-14(2)8-10-15/h4-10,13,18,20H,3,11-12H2,1-2H3. The lowest BCUT2D eigenvalue weighted by atomic mass is 9.98. The van der Waals surface area contributed by atoms with Gasteiger partial charge in [0.15, 0.2) is 0 Å². The highest BCUT2D eigenvalue weighted by atomic mass is 35.5. The monoisotopic (exact) mass is 287 g/mol. The molecule has 0 radical (unpaired) electrons. The van der Waals surface area contributed by atoms with Crippen LogP contribution in [0.1, 0.15) is 36.1 Å². The van der Waals surface area contributed by atoms with Crippen molar-refractivity contribution >= 4 is 11.6 Å². The van der Waals surface area contributed by atoms with Crippen molar-refractivity contribution < 1.29 is 0 Å². The lowest BCUT2D eigenvalue weighted by molar-refractivity contribution is 0.515. The predicted molar refractivity (Wildman–Crippen MR) is 87.4 cm³/mol. The van der Waals surface area contributed by atoms with Gasteiger partial charge in [0.2, 0.25) is 0 Å². The molecule has 1 nitrogen and oxygen atoms in total. The largest absolute Gasteiger partial charge is 0.310 e. The van der Waals surface area contributed by atoms with Crippen LogP contribution in [0.2, 0.25) is 5.02 Å². The van der Waals surface area contributed by atoms with Gasteiger partial charge in [0.25, 0.3) is 0 Å². The first kappa shape index (κ1) is 15.1. The van der Waals surface area contributed by atoms with Crippen LogP contribution in [-0.2, 0) is 6.42 Å². The second-order valence-electron chi connectivity index (χ2n) is 5.19. The maximum Gasteiger partial charge on any atom is 0.0409 e. The molecule has 20 heavy (non-hydrogen) atoms. The molecule has 0 amide bonds. The summed E-state index contributed by atoms with van der Waals surface area (Å²) in [5, 5.41) is 4.36. The van der Waals surface area contributed by atoms with Crippen molar-refractivity contribution in [2.24, 2.45) is 0 Å². The molecule has 2 aromatic carbocycles. The molecule has 0 fully saturated rings. The summed E-state index contributed by atoms with van der Waals surface area (Å²) >= 11 is 6.10. The molecule has 2 heteroatoms. The normalized spacial score (nSPS) is 12.3. The maximum atomic E-state index is 6.10. The van der Waals surface area contributed by atoms with Crippen LogP contribution in [0.4, 0.5) is 0 Å². The van der Waals surface area contributed by atoms with E-state index < -0.39 is 0 Å². The molecule has 0 saturated heterocycles. The van der Waals surface area contributed by atoms with Crippen LogP contribution in [0.3, 0.4) is 0 Å². The first-order valence-corrected chi connectivity index (χ1v) is 7.61. The number of hydrogen-bond donors (Lipinski definition) is 1. The minimum absolute atomic E-state index is 0.361. The van der Waals surface area contributed by atoms with Crippen LogP contribution >= 0.6 is 11.6 Å². The van der Waals surface area contributed by atoms with Gasteiger partial charge in [-0.3, -0.25) is 0 Å². The second kappa shape index (κ2) is 7.47. The van der Waals surface area contributed by atoms with E-state index in [0.717, 1.165) is 24.4 Å². The first-order chi connectivity index (χ1) is 9.69. The Morgan fingerprint density at radius 1 is 1.10 bits per heavy atom. The van der Waals surface area contributed by atoms with Crippen LogP contribution in [0.5, 0.6) is 0 Å². The van der Waals surface area contributed by atoms with Crippen LogP contribution in [0, 0.1) is 6.92 Å². The fourth-order valence-electron chi connectivity index (χ4n) is 2.42. The Balaban J connectivity index is 2.04. The van der Waals surface area contributed by atoms with Gasteiger partial charge < -0.3 is 5.32 Å². The summed E-state index contributed by atoms with van der Waals surface area (Å²) < 4.78 is 0. The molecule has 1 N–H and O–H groups in total. The second-order valence-corrected chi connectivity index (χ2v) is 5.63. The third-order valence-corrected chi connectivity index (χ3v) is 3.78. The molecule has 0 aliphatic rings. The van der Waals surface area contributed by atoms with Crippen molar-refractivity contribution in [2.45, 2.75) is 32.7 Å². The lowest BCUT2D eigenvalue weighted by Gasteiger charge is -2.18. The summed E-state index contributed by atoms with van der Waals surface area (Å²) in [5.74, 6) is 0. The molecule has 0 spiro atoms. The number of nitrogens with one attached hydrogen (secondary N) is 1. The molecule has 106 valence electrons. The van der Waals surface area contributed by atoms with Gasteiger partial charge in [-0.05, 0) is 49.6 Å². The molecule has 1 unspecified atom stereocenters. The molecular weight excluding hydrogens is 266 g/mol. The first-order valence-electron chi connectivity index (χ1n) is 7.23. The van der Waals surface area contributed by atoms with Crippen molar-refractivity contribution in [3.8, 4) is 0 Å². The third-order valence-electron chi connectivity index (χ3n) is 3.54. The number of aryl methyl sites for hydroxylation is 2. The molecule has 0 bridgehead atoms. The Bertz CT molecular complexity index is 533. The van der Waals surface area contributed by atoms with Crippen molar-refractivity contribution in [2.75, 3.05) is 6.54 Å². The Morgan fingerprint density at radius 3 is 2.50 bits per heavy atom. The number of halogens is 1. The van der Waals surface area contributed by atoms with E-state index in [2.05, 4.69) is 55.6 Å². The van der Waals surface area contributed by atoms with Crippen LogP contribution in [0.25, 0.3) is 0 Å². The summed E-state index contributed by atoms with van der Waals surface area (Å²) in [6, 6.07) is 17.3. The number of rotatable bonds is 6. The molecule has 0 aliphatic heterocycles. The van der Waals surface area contributed by atoms with Gasteiger partial charge in [-0.1, -0.05) is 60.5 Å². The highest BCUT2D eigenvalue weighted by Crippen LogP contribution is 2.22. The Hall–Kier alpha value is -1.31. The summed E-state index contributed by atoms with van der Waals surface area (Å²) in [4.78, 5) is 0. The van der Waals surface area contributed by atoms with E-state index in [4.69, 9.17) is 11.6 Å². The molecule has 2 aromatic rings. The van der Waals surface area contributed by atoms with Crippen molar-refractivity contribution in [3.63, 3.8) is 0 Å². The van der Waals surface area contributed by atoms with Gasteiger partial charge in [0, 0.05) is 11.1 Å². The van der Waals surface area contributed by atoms with Gasteiger partial charge in [-0.2, -0.15) is 0 Å². The maximum absolute atomic E-state index is 6.10. The Morgan fingerprint density at radius 2 is 1.85 bits per heavy atom. The molecule has 0 heterocycles. The fourth-order valence-corrected chi connectivity index (χ4v) is 2.62. The molecule has 1 atom stereocenters. The average Bonchev–Trinajstić information content (AvgIpc) is 2.45. The van der Waals surface area contributed by atoms with Crippen LogP contribution in [-0.4, -0.2) is 6.54 Å². The topological polar surface area (TPSA) is 12.0 Å². The zero-order valence-corrected chi connectivity index (χ0v) is 13.0. The summed E-state index contributed by atoms with van der Waals surface area (Å²) in [6.07, 6.45) is 2.15. The highest BCUT2D eigenvalue weighted by Gasteiger charge is 2.10. The molecular formula is C18H22ClN. The van der Waals surface area contributed by atoms with E-state index in [1.807, 2.05) is 12.1 Å². The van der Waals surface area contributed by atoms with Crippen molar-refractivity contribution in [1.82, 2.24) is 5.32 Å². The van der Waals surface area contributed by atoms with Crippen LogP contribution < -0.4 is 5.32 Å². The molecule has 2 rings (SSSR count). The van der Waals surface area contributed by atoms with E-state index in [9.17, 15) is 0 Å². The minimum atomic E-state index is 0.361. The van der Waals surface area contributed by atoms with Gasteiger partial charge in [0.1, 0.15) is 0 Å². The quantitative estimate of drug-likeness (QED) is 0.794. The summed E-state index contributed by atoms with van der Waals surface area (Å²) in [6.45, 7) is 5.23. The minimum Gasteiger partial charge on any atom is -0.310 e. The van der Waals surface area contributed by atoms with Gasteiger partial charge >= 0.3 is 0 Å². The van der Waals surface area contributed by atoms with E-state index in [-0.39, 0.29) is 0 Å². The Kier molecular flexibility index (Phi) is 5.63. The smallest absolute Gasteiger partial charge is 0.0409 e. The lowest BCUT2D eigenvalue weighted by Crippen LogP contribution is -2.21. The average molecular weight is 288 g/mol. The van der Waals surface area contributed by atoms with E-state index in [1.54, 1.807) is 0 Å². The number of benzene rings is 2. The zero-order valence-electron chi connectivity index (χ0n) is 12.2. The molecule has 0 saturated carbocycles. The van der Waals surface area contributed by atoms with E-state index in [1.165, 1.54) is 16.7 Å². The van der Waals surface area contributed by atoms with E-state index >= 15 is 0 Å². The van der Waals surface area contributed by atoms with Crippen molar-refractivity contribution in [1.29, 1.82) is 0 Å². The fraction of sp³-hybridized carbons (Fsp3) is 0.333. The third kappa shape index (κ3) is 4.36. The SMILES string of the molecule is CCNC(CCc1ccc(C)cc1)c1cccc(Cl)c1. The van der Waals surface area contributed by atoms with Crippen LogP contribution in [0.15, 0.2) is 48.5 Å². The highest BCUT2D eigenvalue weighted by molar-refractivity contribution is 6.30.